The molecular formula is C17H17ClN4O. The normalized spacial score (nSPS) is 14.7. The Morgan fingerprint density at radius 2 is 1.91 bits per heavy atom. The van der Waals surface area contributed by atoms with E-state index in [1.807, 2.05) is 29.2 Å². The van der Waals surface area contributed by atoms with E-state index in [4.69, 9.17) is 16.9 Å². The molecule has 1 fully saturated rings. The van der Waals surface area contributed by atoms with Gasteiger partial charge >= 0.3 is 0 Å². The van der Waals surface area contributed by atoms with E-state index in [1.54, 1.807) is 23.9 Å². The predicted octanol–water partition coefficient (Wildman–Crippen LogP) is 2.51. The van der Waals surface area contributed by atoms with Crippen LogP contribution in [0.5, 0.6) is 0 Å². The number of hydrogen-bond acceptors (Lipinski definition) is 3. The Labute approximate surface area is 140 Å². The quantitative estimate of drug-likeness (QED) is 0.851. The fraction of sp³-hybridized carbons (Fsp3) is 0.294. The average molecular weight is 329 g/mol. The van der Waals surface area contributed by atoms with Crippen LogP contribution >= 0.6 is 11.6 Å². The molecule has 2 aromatic rings. The molecule has 23 heavy (non-hydrogen) atoms. The van der Waals surface area contributed by atoms with Crippen molar-refractivity contribution < 1.29 is 4.79 Å². The van der Waals surface area contributed by atoms with Gasteiger partial charge in [0.05, 0.1) is 16.3 Å². The number of piperazine rings is 1. The number of carbonyl (C=O) groups is 1. The zero-order chi connectivity index (χ0) is 16.4. The van der Waals surface area contributed by atoms with Gasteiger partial charge in [0.1, 0.15) is 11.8 Å². The zero-order valence-electron chi connectivity index (χ0n) is 12.9. The number of nitriles is 1. The van der Waals surface area contributed by atoms with E-state index in [1.165, 1.54) is 0 Å². The maximum absolute atomic E-state index is 12.6. The van der Waals surface area contributed by atoms with E-state index < -0.39 is 0 Å². The molecule has 0 spiro atoms. The summed E-state index contributed by atoms with van der Waals surface area (Å²) in [5.41, 5.74) is 2.06. The van der Waals surface area contributed by atoms with Crippen LogP contribution in [-0.2, 0) is 7.05 Å². The molecule has 0 atom stereocenters. The SMILES string of the molecule is Cn1cc(C#N)cc1C(=O)N1CCN(c2ccccc2Cl)CC1. The lowest BCUT2D eigenvalue weighted by Crippen LogP contribution is -2.49. The van der Waals surface area contributed by atoms with Crippen LogP contribution in [0, 0.1) is 11.3 Å². The van der Waals surface area contributed by atoms with Gasteiger partial charge in [-0.2, -0.15) is 5.26 Å². The van der Waals surface area contributed by atoms with Crippen molar-refractivity contribution in [2.45, 2.75) is 0 Å². The minimum absolute atomic E-state index is 0.0344. The van der Waals surface area contributed by atoms with Crippen molar-refractivity contribution >= 4 is 23.2 Å². The number of carbonyl (C=O) groups excluding carboxylic acids is 1. The van der Waals surface area contributed by atoms with Gasteiger partial charge in [-0.1, -0.05) is 23.7 Å². The lowest BCUT2D eigenvalue weighted by atomic mass is 10.2. The number of hydrogen-bond donors (Lipinski definition) is 0. The molecular weight excluding hydrogens is 312 g/mol. The Kier molecular flexibility index (Phi) is 4.26. The summed E-state index contributed by atoms with van der Waals surface area (Å²) in [4.78, 5) is 16.6. The highest BCUT2D eigenvalue weighted by molar-refractivity contribution is 6.33. The van der Waals surface area contributed by atoms with Crippen molar-refractivity contribution in [1.82, 2.24) is 9.47 Å². The molecule has 1 aromatic heterocycles. The minimum Gasteiger partial charge on any atom is -0.367 e. The first-order chi connectivity index (χ1) is 11.1. The monoisotopic (exact) mass is 328 g/mol. The summed E-state index contributed by atoms with van der Waals surface area (Å²) in [5.74, 6) is -0.0344. The molecule has 3 rings (SSSR count). The van der Waals surface area contributed by atoms with E-state index >= 15 is 0 Å². The molecule has 1 saturated heterocycles. The van der Waals surface area contributed by atoms with Crippen LogP contribution in [0.25, 0.3) is 0 Å². The summed E-state index contributed by atoms with van der Waals surface area (Å²) in [6.07, 6.45) is 1.67. The molecule has 0 aliphatic carbocycles. The molecule has 2 heterocycles. The lowest BCUT2D eigenvalue weighted by Gasteiger charge is -2.36. The summed E-state index contributed by atoms with van der Waals surface area (Å²) >= 11 is 6.24. The standard InChI is InChI=1S/C17H17ClN4O/c1-20-12-13(11-19)10-16(20)17(23)22-8-6-21(7-9-22)15-5-3-2-4-14(15)18/h2-5,10,12H,6-9H2,1H3. The van der Waals surface area contributed by atoms with Gasteiger partial charge in [-0.15, -0.1) is 0 Å². The second-order valence-corrected chi connectivity index (χ2v) is 5.97. The Balaban J connectivity index is 1.69. The van der Waals surface area contributed by atoms with Crippen molar-refractivity contribution in [3.8, 4) is 6.07 Å². The number of rotatable bonds is 2. The predicted molar refractivity (Wildman–Crippen MR) is 89.7 cm³/mol. The van der Waals surface area contributed by atoms with Gasteiger partial charge in [0.15, 0.2) is 0 Å². The average Bonchev–Trinajstić information content (AvgIpc) is 2.96. The highest BCUT2D eigenvalue weighted by Gasteiger charge is 2.24. The molecule has 0 saturated carbocycles. The molecule has 1 aliphatic heterocycles. The highest BCUT2D eigenvalue weighted by atomic mass is 35.5. The van der Waals surface area contributed by atoms with Crippen LogP contribution in [0.15, 0.2) is 36.5 Å². The number of benzene rings is 1. The topological polar surface area (TPSA) is 52.3 Å². The van der Waals surface area contributed by atoms with Gasteiger partial charge in [0, 0.05) is 39.4 Å². The summed E-state index contributed by atoms with van der Waals surface area (Å²) in [6.45, 7) is 2.75. The third-order valence-electron chi connectivity index (χ3n) is 4.11. The molecule has 6 heteroatoms. The van der Waals surface area contributed by atoms with Crippen LogP contribution in [0.3, 0.4) is 0 Å². The van der Waals surface area contributed by atoms with Crippen LogP contribution < -0.4 is 4.90 Å². The van der Waals surface area contributed by atoms with Crippen molar-refractivity contribution in [2.75, 3.05) is 31.1 Å². The van der Waals surface area contributed by atoms with Crippen LogP contribution in [-0.4, -0.2) is 41.6 Å². The van der Waals surface area contributed by atoms with Crippen molar-refractivity contribution in [2.24, 2.45) is 7.05 Å². The molecule has 118 valence electrons. The van der Waals surface area contributed by atoms with Crippen LogP contribution in [0.1, 0.15) is 16.1 Å². The molecule has 5 nitrogen and oxygen atoms in total. The first-order valence-corrected chi connectivity index (χ1v) is 7.83. The summed E-state index contributed by atoms with van der Waals surface area (Å²) in [5, 5.41) is 9.68. The fourth-order valence-electron chi connectivity index (χ4n) is 2.86. The Bertz CT molecular complexity index is 769. The van der Waals surface area contributed by atoms with Gasteiger partial charge in [0.25, 0.3) is 5.91 Å². The summed E-state index contributed by atoms with van der Waals surface area (Å²) < 4.78 is 1.71. The van der Waals surface area contributed by atoms with Crippen LogP contribution in [0.2, 0.25) is 5.02 Å². The Morgan fingerprint density at radius 3 is 2.52 bits per heavy atom. The summed E-state index contributed by atoms with van der Waals surface area (Å²) in [7, 11) is 1.79. The maximum Gasteiger partial charge on any atom is 0.270 e. The number of halogens is 1. The second kappa shape index (κ2) is 6.35. The zero-order valence-corrected chi connectivity index (χ0v) is 13.6. The summed E-state index contributed by atoms with van der Waals surface area (Å²) in [6, 6.07) is 11.5. The van der Waals surface area contributed by atoms with E-state index in [-0.39, 0.29) is 5.91 Å². The Hall–Kier alpha value is -2.45. The molecule has 0 unspecified atom stereocenters. The van der Waals surface area contributed by atoms with Gasteiger partial charge in [0.2, 0.25) is 0 Å². The second-order valence-electron chi connectivity index (χ2n) is 5.57. The first kappa shape index (κ1) is 15.4. The van der Waals surface area contributed by atoms with Crippen molar-refractivity contribution in [3.63, 3.8) is 0 Å². The number of aromatic nitrogens is 1. The number of anilines is 1. The molecule has 0 radical (unpaired) electrons. The molecule has 0 bridgehead atoms. The third-order valence-corrected chi connectivity index (χ3v) is 4.43. The van der Waals surface area contributed by atoms with E-state index in [9.17, 15) is 4.79 Å². The van der Waals surface area contributed by atoms with Gasteiger partial charge < -0.3 is 14.4 Å². The van der Waals surface area contributed by atoms with E-state index in [2.05, 4.69) is 11.0 Å². The number of para-hydroxylation sites is 1. The first-order valence-electron chi connectivity index (χ1n) is 7.45. The fourth-order valence-corrected chi connectivity index (χ4v) is 3.11. The number of amides is 1. The number of nitrogens with zero attached hydrogens (tertiary/aromatic N) is 4. The van der Waals surface area contributed by atoms with Gasteiger partial charge in [-0.25, -0.2) is 0 Å². The van der Waals surface area contributed by atoms with E-state index in [0.29, 0.717) is 24.3 Å². The maximum atomic E-state index is 12.6. The Morgan fingerprint density at radius 1 is 1.22 bits per heavy atom. The van der Waals surface area contributed by atoms with Gasteiger partial charge in [-0.05, 0) is 18.2 Å². The third kappa shape index (κ3) is 3.03. The molecule has 0 N–H and O–H groups in total. The van der Waals surface area contributed by atoms with Gasteiger partial charge in [-0.3, -0.25) is 4.79 Å². The smallest absolute Gasteiger partial charge is 0.270 e. The van der Waals surface area contributed by atoms with E-state index in [0.717, 1.165) is 23.8 Å². The molecule has 1 aliphatic rings. The number of aryl methyl sites for hydroxylation is 1. The largest absolute Gasteiger partial charge is 0.367 e. The molecule has 1 aromatic carbocycles. The highest BCUT2D eigenvalue weighted by Crippen LogP contribution is 2.26. The minimum atomic E-state index is -0.0344. The van der Waals surface area contributed by atoms with Crippen molar-refractivity contribution in [1.29, 1.82) is 5.26 Å². The lowest BCUT2D eigenvalue weighted by molar-refractivity contribution is 0.0737. The molecule has 1 amide bonds. The van der Waals surface area contributed by atoms with Crippen molar-refractivity contribution in [3.05, 3.63) is 52.8 Å². The van der Waals surface area contributed by atoms with Crippen LogP contribution in [0.4, 0.5) is 5.69 Å².